The van der Waals surface area contributed by atoms with Gasteiger partial charge < -0.3 is 9.72 Å². The van der Waals surface area contributed by atoms with Crippen molar-refractivity contribution in [2.24, 2.45) is 0 Å². The van der Waals surface area contributed by atoms with Crippen LogP contribution >= 0.6 is 0 Å². The highest BCUT2D eigenvalue weighted by atomic mass is 16.5. The second-order valence-corrected chi connectivity index (χ2v) is 2.86. The molecule has 62 valence electrons. The van der Waals surface area contributed by atoms with Crippen LogP contribution in [0.4, 0.5) is 0 Å². The maximum absolute atomic E-state index is 5.29. The Labute approximate surface area is 71.2 Å². The van der Waals surface area contributed by atoms with Crippen molar-refractivity contribution >= 4 is 10.9 Å². The Bertz CT molecular complexity index is 403. The number of hydrogen-bond acceptors (Lipinski definition) is 1. The lowest BCUT2D eigenvalue weighted by Crippen LogP contribution is -1.87. The lowest BCUT2D eigenvalue weighted by atomic mass is 10.1. The summed E-state index contributed by atoms with van der Waals surface area (Å²) in [5, 5.41) is 1.19. The van der Waals surface area contributed by atoms with Crippen molar-refractivity contribution in [1.82, 2.24) is 4.98 Å². The number of benzene rings is 1. The Hall–Kier alpha value is -1.44. The summed E-state index contributed by atoms with van der Waals surface area (Å²) in [5.74, 6) is 0.942. The monoisotopic (exact) mass is 161 g/mol. The first-order valence-corrected chi connectivity index (χ1v) is 3.93. The van der Waals surface area contributed by atoms with Gasteiger partial charge in [0.1, 0.15) is 5.75 Å². The average Bonchev–Trinajstić information content (AvgIpc) is 2.52. The van der Waals surface area contributed by atoms with Crippen molar-refractivity contribution in [3.05, 3.63) is 30.0 Å². The number of ether oxygens (including phenoxy) is 1. The number of aryl methyl sites for hydroxylation is 1. The highest BCUT2D eigenvalue weighted by molar-refractivity contribution is 5.86. The number of rotatable bonds is 1. The summed E-state index contributed by atoms with van der Waals surface area (Å²) in [7, 11) is 1.70. The van der Waals surface area contributed by atoms with E-state index in [9.17, 15) is 0 Å². The van der Waals surface area contributed by atoms with Crippen LogP contribution in [0.15, 0.2) is 24.4 Å². The van der Waals surface area contributed by atoms with E-state index in [1.165, 1.54) is 5.39 Å². The Morgan fingerprint density at radius 2 is 2.08 bits per heavy atom. The molecule has 0 amide bonds. The van der Waals surface area contributed by atoms with Gasteiger partial charge in [0.2, 0.25) is 0 Å². The second kappa shape index (κ2) is 2.55. The van der Waals surface area contributed by atoms with Crippen LogP contribution in [0.25, 0.3) is 10.9 Å². The summed E-state index contributed by atoms with van der Waals surface area (Å²) in [4.78, 5) is 3.15. The van der Waals surface area contributed by atoms with Crippen LogP contribution in [0, 0.1) is 6.92 Å². The highest BCUT2D eigenvalue weighted by Crippen LogP contribution is 2.27. The van der Waals surface area contributed by atoms with Crippen LogP contribution in [-0.2, 0) is 0 Å². The topological polar surface area (TPSA) is 25.0 Å². The van der Waals surface area contributed by atoms with Gasteiger partial charge in [0.05, 0.1) is 12.6 Å². The molecule has 1 aromatic carbocycles. The lowest BCUT2D eigenvalue weighted by molar-refractivity contribution is 0.416. The quantitative estimate of drug-likeness (QED) is 0.682. The average molecular weight is 161 g/mol. The fourth-order valence-corrected chi connectivity index (χ4v) is 1.47. The van der Waals surface area contributed by atoms with Gasteiger partial charge >= 0.3 is 0 Å². The summed E-state index contributed by atoms with van der Waals surface area (Å²) in [5.41, 5.74) is 2.24. The van der Waals surface area contributed by atoms with Crippen LogP contribution in [0.2, 0.25) is 0 Å². The zero-order valence-corrected chi connectivity index (χ0v) is 7.22. The van der Waals surface area contributed by atoms with E-state index in [4.69, 9.17) is 4.74 Å². The molecular weight excluding hydrogens is 150 g/mol. The molecular formula is C10H11NO. The number of nitrogens with one attached hydrogen (secondary N) is 1. The molecule has 0 saturated carbocycles. The van der Waals surface area contributed by atoms with Crippen molar-refractivity contribution < 1.29 is 4.74 Å². The molecule has 12 heavy (non-hydrogen) atoms. The zero-order chi connectivity index (χ0) is 8.55. The molecule has 2 heteroatoms. The maximum Gasteiger partial charge on any atom is 0.145 e. The summed E-state index contributed by atoms with van der Waals surface area (Å²) in [6.07, 6.45) is 1.92. The number of aromatic amines is 1. The molecule has 0 fully saturated rings. The zero-order valence-electron chi connectivity index (χ0n) is 7.22. The maximum atomic E-state index is 5.29. The van der Waals surface area contributed by atoms with Gasteiger partial charge in [0.15, 0.2) is 0 Å². The predicted octanol–water partition coefficient (Wildman–Crippen LogP) is 2.48. The second-order valence-electron chi connectivity index (χ2n) is 2.86. The Balaban J connectivity index is 2.83. The van der Waals surface area contributed by atoms with E-state index in [0.29, 0.717) is 0 Å². The molecule has 0 aliphatic rings. The van der Waals surface area contributed by atoms with E-state index in [-0.39, 0.29) is 0 Å². The summed E-state index contributed by atoms with van der Waals surface area (Å²) >= 11 is 0. The summed E-state index contributed by atoms with van der Waals surface area (Å²) < 4.78 is 5.29. The summed E-state index contributed by atoms with van der Waals surface area (Å²) in [6.45, 7) is 2.04. The van der Waals surface area contributed by atoms with Crippen molar-refractivity contribution in [1.29, 1.82) is 0 Å². The number of methoxy groups -OCH3 is 1. The number of aromatic nitrogens is 1. The van der Waals surface area contributed by atoms with E-state index in [1.807, 2.05) is 19.2 Å². The van der Waals surface area contributed by atoms with Crippen molar-refractivity contribution in [2.75, 3.05) is 7.11 Å². The van der Waals surface area contributed by atoms with Crippen LogP contribution in [-0.4, -0.2) is 12.1 Å². The first-order chi connectivity index (χ1) is 5.83. The minimum atomic E-state index is 0.942. The minimum absolute atomic E-state index is 0.942. The smallest absolute Gasteiger partial charge is 0.145 e. The Morgan fingerprint density at radius 1 is 1.25 bits per heavy atom. The molecule has 0 saturated heterocycles. The standard InChI is InChI=1S/C10H11NO/c1-7-3-4-8-5-6-11-9(8)10(7)12-2/h3-6,11H,1-2H3. The highest BCUT2D eigenvalue weighted by Gasteiger charge is 2.04. The molecule has 1 N–H and O–H groups in total. The Morgan fingerprint density at radius 3 is 2.83 bits per heavy atom. The fraction of sp³-hybridized carbons (Fsp3) is 0.200. The van der Waals surface area contributed by atoms with Gasteiger partial charge in [-0.15, -0.1) is 0 Å². The third-order valence-electron chi connectivity index (χ3n) is 2.08. The fourth-order valence-electron chi connectivity index (χ4n) is 1.47. The molecule has 0 bridgehead atoms. The van der Waals surface area contributed by atoms with E-state index < -0.39 is 0 Å². The molecule has 0 atom stereocenters. The number of hydrogen-bond donors (Lipinski definition) is 1. The SMILES string of the molecule is COc1c(C)ccc2cc[nH]c12. The molecule has 0 aliphatic carbocycles. The molecule has 0 radical (unpaired) electrons. The number of fused-ring (bicyclic) bond motifs is 1. The summed E-state index contributed by atoms with van der Waals surface area (Å²) in [6, 6.07) is 6.19. The molecule has 2 aromatic rings. The van der Waals surface area contributed by atoms with E-state index in [1.54, 1.807) is 7.11 Å². The van der Waals surface area contributed by atoms with Crippen LogP contribution in [0.3, 0.4) is 0 Å². The van der Waals surface area contributed by atoms with Crippen molar-refractivity contribution in [2.45, 2.75) is 6.92 Å². The van der Waals surface area contributed by atoms with Gasteiger partial charge in [-0.3, -0.25) is 0 Å². The van der Waals surface area contributed by atoms with E-state index >= 15 is 0 Å². The molecule has 0 aliphatic heterocycles. The van der Waals surface area contributed by atoms with Crippen LogP contribution < -0.4 is 4.74 Å². The molecule has 0 spiro atoms. The van der Waals surface area contributed by atoms with Gasteiger partial charge in [-0.05, 0) is 18.6 Å². The van der Waals surface area contributed by atoms with E-state index in [2.05, 4.69) is 17.1 Å². The third kappa shape index (κ3) is 0.881. The van der Waals surface area contributed by atoms with Gasteiger partial charge in [-0.2, -0.15) is 0 Å². The van der Waals surface area contributed by atoms with Crippen LogP contribution in [0.1, 0.15) is 5.56 Å². The molecule has 2 rings (SSSR count). The minimum Gasteiger partial charge on any atom is -0.494 e. The van der Waals surface area contributed by atoms with Crippen molar-refractivity contribution in [3.8, 4) is 5.75 Å². The van der Waals surface area contributed by atoms with Gasteiger partial charge in [-0.25, -0.2) is 0 Å². The van der Waals surface area contributed by atoms with Gasteiger partial charge in [0, 0.05) is 11.6 Å². The largest absolute Gasteiger partial charge is 0.494 e. The van der Waals surface area contributed by atoms with E-state index in [0.717, 1.165) is 16.8 Å². The van der Waals surface area contributed by atoms with Crippen LogP contribution in [0.5, 0.6) is 5.75 Å². The molecule has 2 nitrogen and oxygen atoms in total. The van der Waals surface area contributed by atoms with Crippen molar-refractivity contribution in [3.63, 3.8) is 0 Å². The molecule has 0 unspecified atom stereocenters. The molecule has 1 aromatic heterocycles. The number of H-pyrrole nitrogens is 1. The predicted molar refractivity (Wildman–Crippen MR) is 49.6 cm³/mol. The normalized spacial score (nSPS) is 10.5. The first-order valence-electron chi connectivity index (χ1n) is 3.93. The third-order valence-corrected chi connectivity index (χ3v) is 2.08. The van der Waals surface area contributed by atoms with Gasteiger partial charge in [-0.1, -0.05) is 12.1 Å². The molecule has 1 heterocycles. The lowest BCUT2D eigenvalue weighted by Gasteiger charge is -2.04. The Kier molecular flexibility index (Phi) is 1.54. The van der Waals surface area contributed by atoms with Gasteiger partial charge in [0.25, 0.3) is 0 Å². The first kappa shape index (κ1) is 7.22.